The van der Waals surface area contributed by atoms with E-state index in [0.717, 1.165) is 6.92 Å². The van der Waals surface area contributed by atoms with Gasteiger partial charge in [0.25, 0.3) is 0 Å². The van der Waals surface area contributed by atoms with Crippen molar-refractivity contribution in [3.8, 4) is 0 Å². The molecule has 0 N–H and O–H groups in total. The molecule has 0 spiro atoms. The van der Waals surface area contributed by atoms with E-state index in [4.69, 9.17) is 0 Å². The van der Waals surface area contributed by atoms with Crippen molar-refractivity contribution >= 4 is 0 Å². The standard InChI is InChI=1S/C11H21F3O/c1-8(2,3)10(7,12)15-11(13,14)9(4,5)6/h1-7H3. The molecule has 4 heteroatoms. The molecular formula is C11H21F3O. The van der Waals surface area contributed by atoms with Crippen LogP contribution in [0.4, 0.5) is 13.2 Å². The van der Waals surface area contributed by atoms with Gasteiger partial charge in [-0.15, -0.1) is 0 Å². The number of hydrogen-bond acceptors (Lipinski definition) is 1. The molecule has 0 rings (SSSR count). The lowest BCUT2D eigenvalue weighted by Crippen LogP contribution is -2.48. The molecule has 0 aromatic carbocycles. The first kappa shape index (κ1) is 14.8. The maximum Gasteiger partial charge on any atom is 0.363 e. The average molecular weight is 226 g/mol. The molecule has 92 valence electrons. The third-order valence-corrected chi connectivity index (χ3v) is 2.53. The second-order valence-electron chi connectivity index (χ2n) is 6.04. The predicted octanol–water partition coefficient (Wildman–Crippen LogP) is 4.37. The summed E-state index contributed by atoms with van der Waals surface area (Å²) in [6.07, 6.45) is -3.50. The molecule has 0 radical (unpaired) electrons. The van der Waals surface area contributed by atoms with Crippen molar-refractivity contribution in [1.82, 2.24) is 0 Å². The lowest BCUT2D eigenvalue weighted by atomic mass is 9.87. The van der Waals surface area contributed by atoms with Gasteiger partial charge in [0.1, 0.15) is 0 Å². The van der Waals surface area contributed by atoms with Gasteiger partial charge in [0.2, 0.25) is 5.85 Å². The highest BCUT2D eigenvalue weighted by molar-refractivity contribution is 4.83. The highest BCUT2D eigenvalue weighted by Crippen LogP contribution is 2.45. The molecule has 0 bridgehead atoms. The molecule has 0 aromatic rings. The summed E-state index contributed by atoms with van der Waals surface area (Å²) in [5.41, 5.74) is -2.42. The number of hydrogen-bond donors (Lipinski definition) is 0. The van der Waals surface area contributed by atoms with Crippen molar-refractivity contribution < 1.29 is 17.9 Å². The maximum atomic E-state index is 13.9. The topological polar surface area (TPSA) is 9.23 Å². The molecule has 1 atom stereocenters. The molecule has 0 fully saturated rings. The summed E-state index contributed by atoms with van der Waals surface area (Å²) in [6.45, 7) is 9.53. The van der Waals surface area contributed by atoms with Crippen LogP contribution in [-0.4, -0.2) is 12.0 Å². The van der Waals surface area contributed by atoms with E-state index in [-0.39, 0.29) is 0 Å². The van der Waals surface area contributed by atoms with Gasteiger partial charge in [0.05, 0.1) is 5.41 Å². The SMILES string of the molecule is CC(C)(C)C(C)(F)OC(F)(F)C(C)(C)C. The van der Waals surface area contributed by atoms with E-state index in [1.165, 1.54) is 41.5 Å². The molecule has 0 aliphatic carbocycles. The normalized spacial score (nSPS) is 18.8. The van der Waals surface area contributed by atoms with Crippen molar-refractivity contribution in [2.45, 2.75) is 60.4 Å². The fourth-order valence-corrected chi connectivity index (χ4v) is 0.547. The third-order valence-electron chi connectivity index (χ3n) is 2.53. The van der Waals surface area contributed by atoms with Gasteiger partial charge in [-0.2, -0.15) is 8.78 Å². The molecule has 0 heterocycles. The van der Waals surface area contributed by atoms with E-state index < -0.39 is 22.8 Å². The van der Waals surface area contributed by atoms with E-state index in [1.807, 2.05) is 0 Å². The molecular weight excluding hydrogens is 205 g/mol. The van der Waals surface area contributed by atoms with Crippen LogP contribution in [0.2, 0.25) is 0 Å². The van der Waals surface area contributed by atoms with Gasteiger partial charge < -0.3 is 0 Å². The lowest BCUT2D eigenvalue weighted by molar-refractivity contribution is -0.384. The Bertz CT molecular complexity index is 197. The third kappa shape index (κ3) is 3.37. The van der Waals surface area contributed by atoms with Gasteiger partial charge in [0, 0.05) is 5.41 Å². The number of ether oxygens (including phenoxy) is 1. The highest BCUT2D eigenvalue weighted by Gasteiger charge is 2.53. The van der Waals surface area contributed by atoms with Gasteiger partial charge in [-0.1, -0.05) is 41.5 Å². The van der Waals surface area contributed by atoms with Gasteiger partial charge in [-0.05, 0) is 6.92 Å². The first-order valence-electron chi connectivity index (χ1n) is 4.98. The van der Waals surface area contributed by atoms with Crippen molar-refractivity contribution in [1.29, 1.82) is 0 Å². The van der Waals surface area contributed by atoms with Crippen LogP contribution in [-0.2, 0) is 4.74 Å². The van der Waals surface area contributed by atoms with Gasteiger partial charge in [-0.3, -0.25) is 4.74 Å². The summed E-state index contributed by atoms with van der Waals surface area (Å²) in [5.74, 6) is -2.37. The molecule has 0 saturated heterocycles. The first-order valence-corrected chi connectivity index (χ1v) is 4.98. The largest absolute Gasteiger partial charge is 0.363 e. The van der Waals surface area contributed by atoms with Crippen molar-refractivity contribution in [2.75, 3.05) is 0 Å². The molecule has 0 aliphatic rings. The van der Waals surface area contributed by atoms with E-state index in [0.29, 0.717) is 0 Å². The predicted molar refractivity (Wildman–Crippen MR) is 54.5 cm³/mol. The molecule has 0 aliphatic heterocycles. The lowest BCUT2D eigenvalue weighted by Gasteiger charge is -2.40. The van der Waals surface area contributed by atoms with Gasteiger partial charge in [0.15, 0.2) is 0 Å². The summed E-state index contributed by atoms with van der Waals surface area (Å²) in [6, 6.07) is 0. The fourth-order valence-electron chi connectivity index (χ4n) is 0.547. The number of rotatable bonds is 2. The Labute approximate surface area is 90.0 Å². The minimum Gasteiger partial charge on any atom is -0.282 e. The zero-order chi connectivity index (χ0) is 12.7. The van der Waals surface area contributed by atoms with Crippen LogP contribution in [0.5, 0.6) is 0 Å². The fraction of sp³-hybridized carbons (Fsp3) is 1.00. The molecule has 1 unspecified atom stereocenters. The summed E-state index contributed by atoms with van der Waals surface area (Å²) in [5, 5.41) is 0. The van der Waals surface area contributed by atoms with E-state index in [9.17, 15) is 13.2 Å². The van der Waals surface area contributed by atoms with Crippen LogP contribution in [0, 0.1) is 10.8 Å². The molecule has 0 amide bonds. The zero-order valence-corrected chi connectivity index (χ0v) is 10.5. The van der Waals surface area contributed by atoms with Gasteiger partial charge >= 0.3 is 6.11 Å². The summed E-state index contributed by atoms with van der Waals surface area (Å²) in [7, 11) is 0. The Hall–Kier alpha value is -0.250. The summed E-state index contributed by atoms with van der Waals surface area (Å²) >= 11 is 0. The Morgan fingerprint density at radius 2 is 1.00 bits per heavy atom. The van der Waals surface area contributed by atoms with Crippen molar-refractivity contribution in [3.05, 3.63) is 0 Å². The van der Waals surface area contributed by atoms with Crippen molar-refractivity contribution in [2.24, 2.45) is 10.8 Å². The maximum absolute atomic E-state index is 13.9. The second-order valence-corrected chi connectivity index (χ2v) is 6.04. The monoisotopic (exact) mass is 226 g/mol. The highest BCUT2D eigenvalue weighted by atomic mass is 19.3. The molecule has 0 aromatic heterocycles. The Morgan fingerprint density at radius 1 is 0.667 bits per heavy atom. The Kier molecular flexibility index (Phi) is 3.59. The quantitative estimate of drug-likeness (QED) is 0.679. The molecule has 15 heavy (non-hydrogen) atoms. The van der Waals surface area contributed by atoms with Crippen LogP contribution in [0.3, 0.4) is 0 Å². The van der Waals surface area contributed by atoms with E-state index in [1.54, 1.807) is 0 Å². The summed E-state index contributed by atoms with van der Waals surface area (Å²) in [4.78, 5) is 0. The van der Waals surface area contributed by atoms with Gasteiger partial charge in [-0.25, -0.2) is 4.39 Å². The van der Waals surface area contributed by atoms with Crippen molar-refractivity contribution in [3.63, 3.8) is 0 Å². The van der Waals surface area contributed by atoms with Crippen LogP contribution in [0.1, 0.15) is 48.5 Å². The van der Waals surface area contributed by atoms with Crippen LogP contribution in [0.25, 0.3) is 0 Å². The minimum absolute atomic E-state index is 0.998. The average Bonchev–Trinajstić information content (AvgIpc) is 1.77. The smallest absolute Gasteiger partial charge is 0.282 e. The second kappa shape index (κ2) is 3.65. The van der Waals surface area contributed by atoms with E-state index >= 15 is 0 Å². The molecule has 1 nitrogen and oxygen atoms in total. The molecule has 0 saturated carbocycles. The Balaban J connectivity index is 4.89. The van der Waals surface area contributed by atoms with E-state index in [2.05, 4.69) is 4.74 Å². The zero-order valence-electron chi connectivity index (χ0n) is 10.5. The number of alkyl halides is 3. The number of halogens is 3. The van der Waals surface area contributed by atoms with Crippen LogP contribution < -0.4 is 0 Å². The van der Waals surface area contributed by atoms with Crippen LogP contribution >= 0.6 is 0 Å². The first-order chi connectivity index (χ1) is 6.21. The Morgan fingerprint density at radius 3 is 1.20 bits per heavy atom. The summed E-state index contributed by atoms with van der Waals surface area (Å²) < 4.78 is 45.3. The minimum atomic E-state index is -3.50. The van der Waals surface area contributed by atoms with Crippen LogP contribution in [0.15, 0.2) is 0 Å².